The van der Waals surface area contributed by atoms with Gasteiger partial charge in [0.2, 0.25) is 0 Å². The van der Waals surface area contributed by atoms with E-state index in [1.165, 1.54) is 6.07 Å². The maximum absolute atomic E-state index is 12.9. The fraction of sp³-hybridized carbons (Fsp3) is 0.562. The first-order valence-electron chi connectivity index (χ1n) is 7.70. The van der Waals surface area contributed by atoms with Gasteiger partial charge in [-0.25, -0.2) is 4.79 Å². The van der Waals surface area contributed by atoms with E-state index in [4.69, 9.17) is 0 Å². The van der Waals surface area contributed by atoms with Gasteiger partial charge < -0.3 is 15.3 Å². The summed E-state index contributed by atoms with van der Waals surface area (Å²) in [4.78, 5) is 14.1. The maximum atomic E-state index is 12.9. The van der Waals surface area contributed by atoms with E-state index in [0.29, 0.717) is 18.4 Å². The van der Waals surface area contributed by atoms with Crippen molar-refractivity contribution >= 4 is 11.7 Å². The Hall–Kier alpha value is -1.76. The van der Waals surface area contributed by atoms with Gasteiger partial charge in [-0.3, -0.25) is 0 Å². The summed E-state index contributed by atoms with van der Waals surface area (Å²) in [7, 11) is 0. The summed E-state index contributed by atoms with van der Waals surface area (Å²) in [6, 6.07) is 3.07. The molecule has 2 bridgehead atoms. The molecule has 2 fully saturated rings. The lowest BCUT2D eigenvalue weighted by atomic mass is 10.0. The average Bonchev–Trinajstić information content (AvgIpc) is 2.69. The standard InChI is InChI=1S/C16H19F3N2O2/c1-9-4-10(16(17,18)19)6-11(5-9)20-15(23)21-12-2-3-13(21)8-14(22)7-12/h4-6,12-14,22H,2-3,7-8H2,1H3,(H,20,23)/t12-,13-/m1/s1. The Bertz CT molecular complexity index is 604. The normalized spacial score (nSPS) is 27.2. The molecule has 2 atom stereocenters. The molecule has 0 spiro atoms. The number of benzene rings is 1. The van der Waals surface area contributed by atoms with Crippen LogP contribution in [0.5, 0.6) is 0 Å². The number of halogens is 3. The van der Waals surface area contributed by atoms with Crippen molar-refractivity contribution in [2.75, 3.05) is 5.32 Å². The van der Waals surface area contributed by atoms with Gasteiger partial charge in [0.1, 0.15) is 0 Å². The van der Waals surface area contributed by atoms with Gasteiger partial charge in [-0.1, -0.05) is 0 Å². The van der Waals surface area contributed by atoms with E-state index in [2.05, 4.69) is 5.32 Å². The quantitative estimate of drug-likeness (QED) is 0.828. The van der Waals surface area contributed by atoms with Gasteiger partial charge in [0.25, 0.3) is 0 Å². The molecule has 0 unspecified atom stereocenters. The first-order valence-corrected chi connectivity index (χ1v) is 7.70. The van der Waals surface area contributed by atoms with Crippen LogP contribution in [-0.2, 0) is 6.18 Å². The molecule has 3 rings (SSSR count). The van der Waals surface area contributed by atoms with Crippen LogP contribution < -0.4 is 5.32 Å². The highest BCUT2D eigenvalue weighted by Gasteiger charge is 2.42. The number of hydrogen-bond acceptors (Lipinski definition) is 2. The van der Waals surface area contributed by atoms with E-state index in [9.17, 15) is 23.1 Å². The molecule has 2 heterocycles. The zero-order valence-corrected chi connectivity index (χ0v) is 12.7. The molecule has 1 aromatic rings. The second-order valence-electron chi connectivity index (χ2n) is 6.43. The van der Waals surface area contributed by atoms with Crippen molar-refractivity contribution < 1.29 is 23.1 Å². The number of aliphatic hydroxyl groups excluding tert-OH is 1. The number of piperidine rings is 1. The zero-order valence-electron chi connectivity index (χ0n) is 12.7. The number of urea groups is 1. The zero-order chi connectivity index (χ0) is 16.8. The summed E-state index contributed by atoms with van der Waals surface area (Å²) in [6.45, 7) is 1.56. The lowest BCUT2D eigenvalue weighted by Gasteiger charge is -2.37. The number of anilines is 1. The SMILES string of the molecule is Cc1cc(NC(=O)N2[C@@H]3CC[C@@H]2CC(O)C3)cc(C(F)(F)F)c1. The minimum Gasteiger partial charge on any atom is -0.393 e. The maximum Gasteiger partial charge on any atom is 0.416 e. The predicted octanol–water partition coefficient (Wildman–Crippen LogP) is 3.53. The molecule has 7 heteroatoms. The molecule has 1 aromatic carbocycles. The summed E-state index contributed by atoms with van der Waals surface area (Å²) in [6.07, 6.45) is -2.11. The molecule has 23 heavy (non-hydrogen) atoms. The molecule has 4 nitrogen and oxygen atoms in total. The minimum atomic E-state index is -4.44. The number of rotatable bonds is 1. The van der Waals surface area contributed by atoms with Gasteiger partial charge in [0.15, 0.2) is 0 Å². The number of hydrogen-bond donors (Lipinski definition) is 2. The van der Waals surface area contributed by atoms with E-state index in [1.54, 1.807) is 11.8 Å². The topological polar surface area (TPSA) is 52.6 Å². The largest absolute Gasteiger partial charge is 0.416 e. The van der Waals surface area contributed by atoms with Gasteiger partial charge in [-0.2, -0.15) is 13.2 Å². The molecule has 2 aliphatic rings. The van der Waals surface area contributed by atoms with Crippen LogP contribution in [0.15, 0.2) is 18.2 Å². The Morgan fingerprint density at radius 2 is 1.83 bits per heavy atom. The first kappa shape index (κ1) is 16.1. The molecule has 2 amide bonds. The summed E-state index contributed by atoms with van der Waals surface area (Å²) in [5, 5.41) is 12.3. The van der Waals surface area contributed by atoms with Gasteiger partial charge in [0, 0.05) is 17.8 Å². The third-order valence-electron chi connectivity index (χ3n) is 4.60. The van der Waals surface area contributed by atoms with Gasteiger partial charge >= 0.3 is 12.2 Å². The smallest absolute Gasteiger partial charge is 0.393 e. The number of alkyl halides is 3. The van der Waals surface area contributed by atoms with Crippen LogP contribution >= 0.6 is 0 Å². The van der Waals surface area contributed by atoms with Crippen molar-refractivity contribution in [2.45, 2.75) is 57.0 Å². The number of fused-ring (bicyclic) bond motifs is 2. The molecule has 2 N–H and O–H groups in total. The fourth-order valence-electron chi connectivity index (χ4n) is 3.69. The monoisotopic (exact) mass is 328 g/mol. The number of aliphatic hydroxyl groups is 1. The van der Waals surface area contributed by atoms with Crippen molar-refractivity contribution in [3.05, 3.63) is 29.3 Å². The molecule has 0 saturated carbocycles. The van der Waals surface area contributed by atoms with Crippen molar-refractivity contribution in [1.82, 2.24) is 4.90 Å². The van der Waals surface area contributed by atoms with E-state index in [-0.39, 0.29) is 23.8 Å². The van der Waals surface area contributed by atoms with Crippen LogP contribution in [0.4, 0.5) is 23.7 Å². The second kappa shape index (κ2) is 5.70. The van der Waals surface area contributed by atoms with E-state index >= 15 is 0 Å². The highest BCUT2D eigenvalue weighted by molar-refractivity contribution is 5.90. The Balaban J connectivity index is 1.77. The fourth-order valence-corrected chi connectivity index (χ4v) is 3.69. The van der Waals surface area contributed by atoms with Crippen LogP contribution in [0.25, 0.3) is 0 Å². The number of nitrogens with zero attached hydrogens (tertiary/aromatic N) is 1. The number of carbonyl (C=O) groups is 1. The molecule has 2 aliphatic heterocycles. The average molecular weight is 328 g/mol. The molecule has 0 aliphatic carbocycles. The summed E-state index contributed by atoms with van der Waals surface area (Å²) < 4.78 is 38.6. The van der Waals surface area contributed by atoms with Crippen molar-refractivity contribution in [3.63, 3.8) is 0 Å². The lowest BCUT2D eigenvalue weighted by molar-refractivity contribution is -0.137. The van der Waals surface area contributed by atoms with Crippen LogP contribution in [-0.4, -0.2) is 34.2 Å². The van der Waals surface area contributed by atoms with Crippen molar-refractivity contribution in [3.8, 4) is 0 Å². The van der Waals surface area contributed by atoms with E-state index in [1.807, 2.05) is 0 Å². The number of nitrogens with one attached hydrogen (secondary N) is 1. The second-order valence-corrected chi connectivity index (χ2v) is 6.43. The highest BCUT2D eigenvalue weighted by atomic mass is 19.4. The Morgan fingerprint density at radius 3 is 2.39 bits per heavy atom. The van der Waals surface area contributed by atoms with Crippen LogP contribution in [0.2, 0.25) is 0 Å². The Morgan fingerprint density at radius 1 is 1.22 bits per heavy atom. The van der Waals surface area contributed by atoms with Crippen molar-refractivity contribution in [2.24, 2.45) is 0 Å². The summed E-state index contributed by atoms with van der Waals surface area (Å²) >= 11 is 0. The highest BCUT2D eigenvalue weighted by Crippen LogP contribution is 2.36. The molecular weight excluding hydrogens is 309 g/mol. The number of carbonyl (C=O) groups excluding carboxylic acids is 1. The minimum absolute atomic E-state index is 0.0318. The molecule has 0 aromatic heterocycles. The predicted molar refractivity (Wildman–Crippen MR) is 79.1 cm³/mol. The van der Waals surface area contributed by atoms with Crippen LogP contribution in [0.1, 0.15) is 36.8 Å². The summed E-state index contributed by atoms with van der Waals surface area (Å²) in [5.74, 6) is 0. The van der Waals surface area contributed by atoms with E-state index < -0.39 is 17.8 Å². The first-order chi connectivity index (χ1) is 10.7. The molecule has 0 radical (unpaired) electrons. The molecular formula is C16H19F3N2O2. The summed E-state index contributed by atoms with van der Waals surface area (Å²) in [5.41, 5.74) is -0.190. The van der Waals surface area contributed by atoms with Crippen LogP contribution in [0, 0.1) is 6.92 Å². The van der Waals surface area contributed by atoms with Crippen LogP contribution in [0.3, 0.4) is 0 Å². The number of aryl methyl sites for hydroxylation is 1. The Kier molecular flexibility index (Phi) is 4.00. The van der Waals surface area contributed by atoms with Gasteiger partial charge in [0.05, 0.1) is 11.7 Å². The van der Waals surface area contributed by atoms with Gasteiger partial charge in [-0.15, -0.1) is 0 Å². The Labute approximate surface area is 132 Å². The lowest BCUT2D eigenvalue weighted by Crippen LogP contribution is -2.49. The third kappa shape index (κ3) is 3.29. The number of amides is 2. The van der Waals surface area contributed by atoms with Crippen molar-refractivity contribution in [1.29, 1.82) is 0 Å². The van der Waals surface area contributed by atoms with E-state index in [0.717, 1.165) is 25.0 Å². The third-order valence-corrected chi connectivity index (χ3v) is 4.60. The molecule has 126 valence electrons. The molecule has 2 saturated heterocycles. The van der Waals surface area contributed by atoms with Gasteiger partial charge in [-0.05, 0) is 56.4 Å².